The quantitative estimate of drug-likeness (QED) is 0.285. The number of carbonyl (C=O) groups is 2. The highest BCUT2D eigenvalue weighted by Gasteiger charge is 2.30. The SMILES string of the molecule is COc1nc(-c2cccc(-c3cccc(NC(=O)c4cn(C)c(=O)n(C)c4=O)c3Cl)c2Cl)cnc1CN1CCCC[C@@H]1C(=O)O. The molecule has 1 aliphatic rings. The fraction of sp³-hybridized carbons (Fsp3) is 0.290. The van der Waals surface area contributed by atoms with Crippen LogP contribution in [0.15, 0.2) is 58.4 Å². The molecule has 4 aromatic rings. The van der Waals surface area contributed by atoms with E-state index in [-0.39, 0.29) is 28.7 Å². The van der Waals surface area contributed by atoms with E-state index >= 15 is 0 Å². The Morgan fingerprint density at radius 1 is 1.04 bits per heavy atom. The maximum Gasteiger partial charge on any atom is 0.330 e. The van der Waals surface area contributed by atoms with E-state index in [1.807, 2.05) is 4.90 Å². The number of hydrogen-bond donors (Lipinski definition) is 2. The molecule has 0 unspecified atom stereocenters. The highest BCUT2D eigenvalue weighted by Crippen LogP contribution is 2.41. The molecular weight excluding hydrogens is 623 g/mol. The molecule has 0 aliphatic carbocycles. The second-order valence-corrected chi connectivity index (χ2v) is 11.4. The monoisotopic (exact) mass is 652 g/mol. The van der Waals surface area contributed by atoms with E-state index in [4.69, 9.17) is 27.9 Å². The Morgan fingerprint density at radius 2 is 1.73 bits per heavy atom. The molecular formula is C31H30Cl2N6O6. The van der Waals surface area contributed by atoms with Gasteiger partial charge in [0.05, 0.1) is 34.7 Å². The van der Waals surface area contributed by atoms with Crippen LogP contribution < -0.4 is 21.3 Å². The summed E-state index contributed by atoms with van der Waals surface area (Å²) in [5.41, 5.74) is 1.27. The van der Waals surface area contributed by atoms with Crippen molar-refractivity contribution in [3.63, 3.8) is 0 Å². The van der Waals surface area contributed by atoms with Crippen LogP contribution >= 0.6 is 23.2 Å². The predicted octanol–water partition coefficient (Wildman–Crippen LogP) is 4.21. The number of aryl methyl sites for hydroxylation is 1. The number of piperidine rings is 1. The first kappa shape index (κ1) is 31.9. The van der Waals surface area contributed by atoms with Crippen LogP contribution in [0.1, 0.15) is 35.3 Å². The number of amides is 1. The minimum atomic E-state index is -0.861. The number of likely N-dealkylation sites (tertiary alicyclic amines) is 1. The lowest BCUT2D eigenvalue weighted by atomic mass is 10.0. The van der Waals surface area contributed by atoms with Crippen molar-refractivity contribution in [3.05, 3.63) is 90.9 Å². The third-order valence-corrected chi connectivity index (χ3v) is 8.57. The summed E-state index contributed by atoms with van der Waals surface area (Å²) >= 11 is 13.7. The van der Waals surface area contributed by atoms with Crippen LogP contribution in [0.25, 0.3) is 22.4 Å². The van der Waals surface area contributed by atoms with Crippen LogP contribution in [0.4, 0.5) is 5.69 Å². The van der Waals surface area contributed by atoms with Crippen molar-refractivity contribution in [2.45, 2.75) is 31.8 Å². The molecule has 0 bridgehead atoms. The number of carboxylic acid groups (broad SMARTS) is 1. The zero-order valence-corrected chi connectivity index (χ0v) is 26.2. The van der Waals surface area contributed by atoms with Crippen molar-refractivity contribution in [1.29, 1.82) is 0 Å². The van der Waals surface area contributed by atoms with Crippen LogP contribution in [0.3, 0.4) is 0 Å². The topological polar surface area (TPSA) is 149 Å². The molecule has 0 spiro atoms. The molecule has 2 N–H and O–H groups in total. The van der Waals surface area contributed by atoms with Gasteiger partial charge in [0.1, 0.15) is 17.3 Å². The van der Waals surface area contributed by atoms with Gasteiger partial charge in [0, 0.05) is 43.5 Å². The van der Waals surface area contributed by atoms with Gasteiger partial charge in [-0.3, -0.25) is 28.8 Å². The molecule has 12 nitrogen and oxygen atoms in total. The van der Waals surface area contributed by atoms with E-state index in [2.05, 4.69) is 15.3 Å². The maximum atomic E-state index is 13.0. The summed E-state index contributed by atoms with van der Waals surface area (Å²) in [6.45, 7) is 0.917. The van der Waals surface area contributed by atoms with Crippen molar-refractivity contribution in [2.24, 2.45) is 14.1 Å². The Kier molecular flexibility index (Phi) is 9.37. The normalized spacial score (nSPS) is 15.1. The average Bonchev–Trinajstić information content (AvgIpc) is 3.03. The summed E-state index contributed by atoms with van der Waals surface area (Å²) in [6, 6.07) is 9.73. The van der Waals surface area contributed by atoms with E-state index in [1.165, 1.54) is 27.4 Å². The fourth-order valence-electron chi connectivity index (χ4n) is 5.38. The molecule has 5 rings (SSSR count). The summed E-state index contributed by atoms with van der Waals surface area (Å²) in [4.78, 5) is 60.5. The molecule has 0 radical (unpaired) electrons. The van der Waals surface area contributed by atoms with Gasteiger partial charge in [-0.2, -0.15) is 0 Å². The van der Waals surface area contributed by atoms with Gasteiger partial charge >= 0.3 is 11.7 Å². The molecule has 234 valence electrons. The van der Waals surface area contributed by atoms with Gasteiger partial charge in [0.15, 0.2) is 0 Å². The number of carbonyl (C=O) groups excluding carboxylic acids is 1. The van der Waals surface area contributed by atoms with Gasteiger partial charge in [0.2, 0.25) is 5.88 Å². The van der Waals surface area contributed by atoms with Crippen LogP contribution in [0.2, 0.25) is 10.0 Å². The molecule has 0 saturated carbocycles. The molecule has 14 heteroatoms. The number of ether oxygens (including phenoxy) is 1. The third kappa shape index (κ3) is 6.35. The van der Waals surface area contributed by atoms with Crippen molar-refractivity contribution in [1.82, 2.24) is 24.0 Å². The number of aliphatic carboxylic acids is 1. The summed E-state index contributed by atoms with van der Waals surface area (Å²) in [5.74, 6) is -1.33. The fourth-order valence-corrected chi connectivity index (χ4v) is 5.98. The van der Waals surface area contributed by atoms with E-state index in [0.29, 0.717) is 46.1 Å². The number of methoxy groups -OCH3 is 1. The molecule has 2 aromatic carbocycles. The minimum Gasteiger partial charge on any atom is -0.480 e. The van der Waals surface area contributed by atoms with Crippen LogP contribution in [-0.2, 0) is 25.4 Å². The maximum absolute atomic E-state index is 13.0. The Labute approximate surface area is 267 Å². The number of aromatic nitrogens is 4. The molecule has 1 fully saturated rings. The van der Waals surface area contributed by atoms with Crippen LogP contribution in [0, 0.1) is 0 Å². The molecule has 1 atom stereocenters. The highest BCUT2D eigenvalue weighted by molar-refractivity contribution is 6.39. The van der Waals surface area contributed by atoms with E-state index in [9.17, 15) is 24.3 Å². The summed E-state index contributed by atoms with van der Waals surface area (Å²) < 4.78 is 7.54. The molecule has 1 aliphatic heterocycles. The number of hydrogen-bond acceptors (Lipinski definition) is 8. The zero-order valence-electron chi connectivity index (χ0n) is 24.7. The smallest absolute Gasteiger partial charge is 0.330 e. The Morgan fingerprint density at radius 3 is 2.44 bits per heavy atom. The highest BCUT2D eigenvalue weighted by atomic mass is 35.5. The van der Waals surface area contributed by atoms with Gasteiger partial charge in [-0.25, -0.2) is 9.78 Å². The lowest BCUT2D eigenvalue weighted by Gasteiger charge is -2.32. The number of halogens is 2. The largest absolute Gasteiger partial charge is 0.480 e. The first-order chi connectivity index (χ1) is 21.5. The molecule has 45 heavy (non-hydrogen) atoms. The second-order valence-electron chi connectivity index (χ2n) is 10.6. The summed E-state index contributed by atoms with van der Waals surface area (Å²) in [7, 11) is 4.21. The predicted molar refractivity (Wildman–Crippen MR) is 170 cm³/mol. The van der Waals surface area contributed by atoms with Crippen molar-refractivity contribution >= 4 is 40.8 Å². The van der Waals surface area contributed by atoms with Crippen LogP contribution in [0.5, 0.6) is 5.88 Å². The van der Waals surface area contributed by atoms with Gasteiger partial charge in [0.25, 0.3) is 11.5 Å². The number of nitrogens with one attached hydrogen (secondary N) is 1. The first-order valence-electron chi connectivity index (χ1n) is 14.0. The molecule has 1 amide bonds. The van der Waals surface area contributed by atoms with Crippen molar-refractivity contribution < 1.29 is 19.4 Å². The van der Waals surface area contributed by atoms with Gasteiger partial charge in [-0.05, 0) is 25.5 Å². The lowest BCUT2D eigenvalue weighted by molar-refractivity contribution is -0.144. The lowest BCUT2D eigenvalue weighted by Crippen LogP contribution is -2.44. The number of anilines is 1. The second kappa shape index (κ2) is 13.2. The Balaban J connectivity index is 1.45. The van der Waals surface area contributed by atoms with E-state index in [0.717, 1.165) is 22.0 Å². The number of nitrogens with zero attached hydrogens (tertiary/aromatic N) is 5. The van der Waals surface area contributed by atoms with Crippen molar-refractivity contribution in [2.75, 3.05) is 19.0 Å². The standard InChI is InChI=1S/C31H30Cl2N6O6/c1-37-15-20(29(41)38(2)31(37)44)27(40)35-21-11-7-9-18(26(21)33)17-8-6-10-19(25(17)32)22-14-34-23(28(36-22)45-3)16-39-13-5-4-12-24(39)30(42)43/h6-11,14-15,24H,4-5,12-13,16H2,1-3H3,(H,35,40)(H,42,43)/t24-/m1/s1. The first-order valence-corrected chi connectivity index (χ1v) is 14.8. The minimum absolute atomic E-state index is 0.181. The Bertz CT molecular complexity index is 1920. The Hall–Kier alpha value is -4.52. The number of rotatable bonds is 8. The van der Waals surface area contributed by atoms with Gasteiger partial charge in [-0.15, -0.1) is 0 Å². The molecule has 2 aromatic heterocycles. The number of benzene rings is 2. The third-order valence-electron chi connectivity index (χ3n) is 7.76. The van der Waals surface area contributed by atoms with E-state index < -0.39 is 29.2 Å². The number of carboxylic acids is 1. The van der Waals surface area contributed by atoms with Gasteiger partial charge < -0.3 is 19.7 Å². The molecule has 1 saturated heterocycles. The van der Waals surface area contributed by atoms with Gasteiger partial charge in [-0.1, -0.05) is 60.0 Å². The molecule has 3 heterocycles. The van der Waals surface area contributed by atoms with Crippen LogP contribution in [-0.4, -0.2) is 60.7 Å². The van der Waals surface area contributed by atoms with E-state index in [1.54, 1.807) is 42.6 Å². The zero-order chi connectivity index (χ0) is 32.4. The average molecular weight is 654 g/mol. The summed E-state index contributed by atoms with van der Waals surface area (Å²) in [6.07, 6.45) is 5.08. The van der Waals surface area contributed by atoms with Crippen molar-refractivity contribution in [3.8, 4) is 28.3 Å². The summed E-state index contributed by atoms with van der Waals surface area (Å²) in [5, 5.41) is 12.8.